The number of nitrogen functional groups attached to an aromatic ring is 1. The summed E-state index contributed by atoms with van der Waals surface area (Å²) in [6, 6.07) is 2.23. The van der Waals surface area contributed by atoms with Gasteiger partial charge in [-0.05, 0) is 31.9 Å². The second-order valence-corrected chi connectivity index (χ2v) is 5.60. The summed E-state index contributed by atoms with van der Waals surface area (Å²) >= 11 is 5.81. The third kappa shape index (κ3) is 2.40. The molecule has 3 heterocycles. The Balaban J connectivity index is 1.73. The summed E-state index contributed by atoms with van der Waals surface area (Å²) in [5.41, 5.74) is 6.56. The maximum atomic E-state index is 12.3. The SMILES string of the molecule is Nc1cnc(Cl)cc1C(=O)NC1CCN2CCCC12. The number of anilines is 1. The third-order valence-electron chi connectivity index (χ3n) is 4.07. The number of nitrogens with two attached hydrogens (primary N) is 1. The molecule has 3 rings (SSSR count). The molecular weight excluding hydrogens is 264 g/mol. The van der Waals surface area contributed by atoms with Crippen LogP contribution in [0.5, 0.6) is 0 Å². The number of rotatable bonds is 2. The highest BCUT2D eigenvalue weighted by molar-refractivity contribution is 6.29. The maximum Gasteiger partial charge on any atom is 0.253 e. The fourth-order valence-corrected chi connectivity index (χ4v) is 3.29. The van der Waals surface area contributed by atoms with E-state index < -0.39 is 0 Å². The molecule has 0 spiro atoms. The lowest BCUT2D eigenvalue weighted by atomic mass is 10.1. The first-order chi connectivity index (χ1) is 9.15. The van der Waals surface area contributed by atoms with Gasteiger partial charge in [0, 0.05) is 18.6 Å². The number of fused-ring (bicyclic) bond motifs is 1. The topological polar surface area (TPSA) is 71.2 Å². The van der Waals surface area contributed by atoms with Crippen molar-refractivity contribution in [3.05, 3.63) is 23.0 Å². The summed E-state index contributed by atoms with van der Waals surface area (Å²) in [4.78, 5) is 18.6. The molecule has 6 heteroatoms. The second-order valence-electron chi connectivity index (χ2n) is 5.21. The lowest BCUT2D eigenvalue weighted by molar-refractivity contribution is 0.0930. The molecule has 0 bridgehead atoms. The first kappa shape index (κ1) is 12.7. The Hall–Kier alpha value is -1.33. The van der Waals surface area contributed by atoms with Gasteiger partial charge in [0.05, 0.1) is 17.4 Å². The summed E-state index contributed by atoms with van der Waals surface area (Å²) in [7, 11) is 0. The molecule has 2 fully saturated rings. The van der Waals surface area contributed by atoms with E-state index in [1.807, 2.05) is 0 Å². The molecule has 1 aromatic heterocycles. The maximum absolute atomic E-state index is 12.3. The molecule has 0 aromatic carbocycles. The van der Waals surface area contributed by atoms with E-state index in [0.717, 1.165) is 25.9 Å². The highest BCUT2D eigenvalue weighted by atomic mass is 35.5. The van der Waals surface area contributed by atoms with E-state index in [0.29, 0.717) is 17.3 Å². The summed E-state index contributed by atoms with van der Waals surface area (Å²) in [6.07, 6.45) is 4.82. The molecule has 2 saturated heterocycles. The van der Waals surface area contributed by atoms with Crippen molar-refractivity contribution in [2.75, 3.05) is 18.8 Å². The first-order valence-electron chi connectivity index (χ1n) is 6.61. The fraction of sp³-hybridized carbons (Fsp3) is 0.538. The van der Waals surface area contributed by atoms with Gasteiger partial charge in [-0.1, -0.05) is 11.6 Å². The van der Waals surface area contributed by atoms with Gasteiger partial charge in [0.15, 0.2) is 0 Å². The van der Waals surface area contributed by atoms with Crippen molar-refractivity contribution in [3.63, 3.8) is 0 Å². The molecule has 3 N–H and O–H groups in total. The van der Waals surface area contributed by atoms with Gasteiger partial charge >= 0.3 is 0 Å². The van der Waals surface area contributed by atoms with E-state index in [1.54, 1.807) is 0 Å². The molecular formula is C13H17ClN4O. The average Bonchev–Trinajstić information content (AvgIpc) is 2.97. The van der Waals surface area contributed by atoms with Crippen LogP contribution in [0.3, 0.4) is 0 Å². The molecule has 102 valence electrons. The van der Waals surface area contributed by atoms with E-state index in [1.165, 1.54) is 18.7 Å². The Morgan fingerprint density at radius 3 is 3.16 bits per heavy atom. The van der Waals surface area contributed by atoms with Crippen LogP contribution in [0.4, 0.5) is 5.69 Å². The predicted molar refractivity (Wildman–Crippen MR) is 74.1 cm³/mol. The largest absolute Gasteiger partial charge is 0.397 e. The minimum Gasteiger partial charge on any atom is -0.397 e. The zero-order valence-electron chi connectivity index (χ0n) is 10.6. The van der Waals surface area contributed by atoms with Crippen LogP contribution in [0, 0.1) is 0 Å². The molecule has 0 radical (unpaired) electrons. The molecule has 19 heavy (non-hydrogen) atoms. The van der Waals surface area contributed by atoms with E-state index in [4.69, 9.17) is 17.3 Å². The number of hydrogen-bond acceptors (Lipinski definition) is 4. The zero-order chi connectivity index (χ0) is 13.4. The van der Waals surface area contributed by atoms with Crippen molar-refractivity contribution in [1.29, 1.82) is 0 Å². The molecule has 5 nitrogen and oxygen atoms in total. The highest BCUT2D eigenvalue weighted by Crippen LogP contribution is 2.28. The van der Waals surface area contributed by atoms with Crippen molar-refractivity contribution >= 4 is 23.2 Å². The van der Waals surface area contributed by atoms with Gasteiger partial charge in [0.25, 0.3) is 5.91 Å². The number of pyridine rings is 1. The molecule has 2 aliphatic heterocycles. The number of nitrogens with zero attached hydrogens (tertiary/aromatic N) is 2. The quantitative estimate of drug-likeness (QED) is 0.801. The van der Waals surface area contributed by atoms with Crippen molar-refractivity contribution < 1.29 is 4.79 Å². The number of hydrogen-bond donors (Lipinski definition) is 2. The number of carbonyl (C=O) groups is 1. The van der Waals surface area contributed by atoms with Crippen molar-refractivity contribution in [2.45, 2.75) is 31.3 Å². The minimum atomic E-state index is -0.152. The van der Waals surface area contributed by atoms with Gasteiger partial charge in [0.2, 0.25) is 0 Å². The smallest absolute Gasteiger partial charge is 0.253 e. The summed E-state index contributed by atoms with van der Waals surface area (Å²) < 4.78 is 0. The van der Waals surface area contributed by atoms with Crippen LogP contribution in [0.15, 0.2) is 12.3 Å². The van der Waals surface area contributed by atoms with Crippen LogP contribution in [0.25, 0.3) is 0 Å². The Bertz CT molecular complexity index is 507. The van der Waals surface area contributed by atoms with Crippen LogP contribution >= 0.6 is 11.6 Å². The minimum absolute atomic E-state index is 0.152. The van der Waals surface area contributed by atoms with Crippen LogP contribution < -0.4 is 11.1 Å². The lowest BCUT2D eigenvalue weighted by Gasteiger charge is -2.21. The van der Waals surface area contributed by atoms with E-state index in [-0.39, 0.29) is 17.1 Å². The lowest BCUT2D eigenvalue weighted by Crippen LogP contribution is -2.42. The molecule has 2 unspecified atom stereocenters. The number of halogens is 1. The molecule has 0 saturated carbocycles. The monoisotopic (exact) mass is 280 g/mol. The van der Waals surface area contributed by atoms with Gasteiger partial charge in [0.1, 0.15) is 5.15 Å². The number of nitrogens with one attached hydrogen (secondary N) is 1. The zero-order valence-corrected chi connectivity index (χ0v) is 11.4. The summed E-state index contributed by atoms with van der Waals surface area (Å²) in [6.45, 7) is 2.22. The Morgan fingerprint density at radius 1 is 1.47 bits per heavy atom. The highest BCUT2D eigenvalue weighted by Gasteiger charge is 2.37. The number of carbonyl (C=O) groups excluding carboxylic acids is 1. The Kier molecular flexibility index (Phi) is 3.33. The molecule has 1 aromatic rings. The molecule has 2 aliphatic rings. The first-order valence-corrected chi connectivity index (χ1v) is 6.99. The van der Waals surface area contributed by atoms with Crippen LogP contribution in [-0.2, 0) is 0 Å². The van der Waals surface area contributed by atoms with Gasteiger partial charge in [-0.2, -0.15) is 0 Å². The second kappa shape index (κ2) is 4.98. The predicted octanol–water partition coefficient (Wildman–Crippen LogP) is 1.28. The van der Waals surface area contributed by atoms with E-state index in [2.05, 4.69) is 15.2 Å². The van der Waals surface area contributed by atoms with Crippen molar-refractivity contribution in [3.8, 4) is 0 Å². The average molecular weight is 281 g/mol. The molecule has 2 atom stereocenters. The summed E-state index contributed by atoms with van der Waals surface area (Å²) in [5.74, 6) is -0.152. The van der Waals surface area contributed by atoms with Crippen LogP contribution in [0.2, 0.25) is 5.15 Å². The van der Waals surface area contributed by atoms with Gasteiger partial charge in [-0.15, -0.1) is 0 Å². The van der Waals surface area contributed by atoms with Crippen molar-refractivity contribution in [1.82, 2.24) is 15.2 Å². The van der Waals surface area contributed by atoms with E-state index in [9.17, 15) is 4.79 Å². The number of aromatic nitrogens is 1. The third-order valence-corrected chi connectivity index (χ3v) is 4.28. The Morgan fingerprint density at radius 2 is 2.32 bits per heavy atom. The van der Waals surface area contributed by atoms with Crippen molar-refractivity contribution in [2.24, 2.45) is 0 Å². The standard InChI is InChI=1S/C13H17ClN4O/c14-12-6-8(9(15)7-16-12)13(19)17-10-3-5-18-4-1-2-11(10)18/h6-7,10-11H,1-5,15H2,(H,17,19). The van der Waals surface area contributed by atoms with Crippen LogP contribution in [0.1, 0.15) is 29.6 Å². The van der Waals surface area contributed by atoms with Crippen LogP contribution in [-0.4, -0.2) is 41.0 Å². The molecule has 1 amide bonds. The molecule has 0 aliphatic carbocycles. The fourth-order valence-electron chi connectivity index (χ4n) is 3.13. The summed E-state index contributed by atoms with van der Waals surface area (Å²) in [5, 5.41) is 3.37. The normalized spacial score (nSPS) is 26.4. The van der Waals surface area contributed by atoms with Gasteiger partial charge < -0.3 is 11.1 Å². The van der Waals surface area contributed by atoms with E-state index >= 15 is 0 Å². The number of amides is 1. The Labute approximate surface area is 117 Å². The van der Waals surface area contributed by atoms with Gasteiger partial charge in [-0.25, -0.2) is 4.98 Å². The van der Waals surface area contributed by atoms with Gasteiger partial charge in [-0.3, -0.25) is 9.69 Å².